The monoisotopic (exact) mass is 193 g/mol. The van der Waals surface area contributed by atoms with Crippen molar-refractivity contribution >= 4 is 5.91 Å². The number of carbonyl (C=O) groups is 1. The van der Waals surface area contributed by atoms with Gasteiger partial charge >= 0.3 is 0 Å². The van der Waals surface area contributed by atoms with Gasteiger partial charge in [0.05, 0.1) is 12.2 Å². The number of carbonyl (C=O) groups excluding carboxylic acids is 1. The summed E-state index contributed by atoms with van der Waals surface area (Å²) in [5.74, 6) is 0.126. The highest BCUT2D eigenvalue weighted by molar-refractivity contribution is 5.95. The Hall–Kier alpha value is -1.51. The van der Waals surface area contributed by atoms with E-state index in [1.54, 1.807) is 12.1 Å². The average Bonchev–Trinajstić information content (AvgIpc) is 2.18. The minimum absolute atomic E-state index is 0.441. The Balaban J connectivity index is 3.10. The van der Waals surface area contributed by atoms with Gasteiger partial charge < -0.3 is 10.5 Å². The lowest BCUT2D eigenvalue weighted by atomic mass is 10.1. The molecule has 2 N–H and O–H groups in total. The molecular formula is C11H15NO2. The molecule has 3 heteroatoms. The number of benzene rings is 1. The Bertz CT molecular complexity index is 334. The molecule has 0 aliphatic rings. The molecule has 0 heterocycles. The van der Waals surface area contributed by atoms with E-state index in [-0.39, 0.29) is 0 Å². The molecule has 1 amide bonds. The summed E-state index contributed by atoms with van der Waals surface area (Å²) in [6, 6.07) is 5.52. The third kappa shape index (κ3) is 2.25. The summed E-state index contributed by atoms with van der Waals surface area (Å²) in [7, 11) is 0. The van der Waals surface area contributed by atoms with Crippen LogP contribution < -0.4 is 10.5 Å². The van der Waals surface area contributed by atoms with Crippen molar-refractivity contribution in [2.24, 2.45) is 5.73 Å². The maximum Gasteiger partial charge on any atom is 0.252 e. The van der Waals surface area contributed by atoms with E-state index in [9.17, 15) is 4.79 Å². The van der Waals surface area contributed by atoms with Gasteiger partial charge in [-0.25, -0.2) is 0 Å². The number of ether oxygens (including phenoxy) is 1. The van der Waals surface area contributed by atoms with Crippen molar-refractivity contribution in [3.8, 4) is 5.75 Å². The fourth-order valence-electron chi connectivity index (χ4n) is 1.27. The van der Waals surface area contributed by atoms with Gasteiger partial charge in [0.25, 0.3) is 5.91 Å². The van der Waals surface area contributed by atoms with Crippen LogP contribution in [0.25, 0.3) is 0 Å². The summed E-state index contributed by atoms with van der Waals surface area (Å²) in [5, 5.41) is 0. The van der Waals surface area contributed by atoms with E-state index < -0.39 is 5.91 Å². The SMILES string of the molecule is CCOc1ccc(CC)cc1C(N)=O. The molecule has 0 unspecified atom stereocenters. The molecule has 0 spiro atoms. The van der Waals surface area contributed by atoms with Crippen molar-refractivity contribution in [1.82, 2.24) is 0 Å². The van der Waals surface area contributed by atoms with Crippen LogP contribution >= 0.6 is 0 Å². The molecule has 0 aliphatic carbocycles. The summed E-state index contributed by atoms with van der Waals surface area (Å²) < 4.78 is 5.30. The molecule has 1 aromatic carbocycles. The Morgan fingerprint density at radius 2 is 2.14 bits per heavy atom. The highest BCUT2D eigenvalue weighted by atomic mass is 16.5. The van der Waals surface area contributed by atoms with Gasteiger partial charge in [-0.2, -0.15) is 0 Å². The molecule has 76 valence electrons. The third-order valence-corrected chi connectivity index (χ3v) is 2.02. The van der Waals surface area contributed by atoms with Crippen LogP contribution in [0.5, 0.6) is 5.75 Å². The van der Waals surface area contributed by atoms with Crippen molar-refractivity contribution in [3.63, 3.8) is 0 Å². The van der Waals surface area contributed by atoms with Gasteiger partial charge in [0.15, 0.2) is 0 Å². The van der Waals surface area contributed by atoms with Gasteiger partial charge in [0.1, 0.15) is 5.75 Å². The first-order valence-corrected chi connectivity index (χ1v) is 4.74. The minimum Gasteiger partial charge on any atom is -0.493 e. The van der Waals surface area contributed by atoms with Crippen molar-refractivity contribution in [1.29, 1.82) is 0 Å². The Kier molecular flexibility index (Phi) is 3.51. The highest BCUT2D eigenvalue weighted by Gasteiger charge is 2.09. The van der Waals surface area contributed by atoms with Crippen LogP contribution in [0.15, 0.2) is 18.2 Å². The van der Waals surface area contributed by atoms with Crippen LogP contribution in [-0.4, -0.2) is 12.5 Å². The van der Waals surface area contributed by atoms with E-state index >= 15 is 0 Å². The maximum atomic E-state index is 11.1. The molecule has 0 aliphatic heterocycles. The fourth-order valence-corrected chi connectivity index (χ4v) is 1.27. The molecule has 1 aromatic rings. The summed E-state index contributed by atoms with van der Waals surface area (Å²) in [5.41, 5.74) is 6.80. The first-order valence-electron chi connectivity index (χ1n) is 4.74. The second-order valence-corrected chi connectivity index (χ2v) is 2.98. The highest BCUT2D eigenvalue weighted by Crippen LogP contribution is 2.19. The van der Waals surface area contributed by atoms with E-state index in [2.05, 4.69) is 0 Å². The quantitative estimate of drug-likeness (QED) is 0.792. The summed E-state index contributed by atoms with van der Waals surface area (Å²) in [6.07, 6.45) is 0.882. The number of hydrogen-bond acceptors (Lipinski definition) is 2. The van der Waals surface area contributed by atoms with Crippen LogP contribution in [0, 0.1) is 0 Å². The zero-order valence-corrected chi connectivity index (χ0v) is 8.54. The van der Waals surface area contributed by atoms with Crippen molar-refractivity contribution in [2.75, 3.05) is 6.61 Å². The molecular weight excluding hydrogens is 178 g/mol. The van der Waals surface area contributed by atoms with E-state index in [4.69, 9.17) is 10.5 Å². The molecule has 0 atom stereocenters. The number of nitrogens with two attached hydrogens (primary N) is 1. The van der Waals surface area contributed by atoms with E-state index in [1.165, 1.54) is 0 Å². The molecule has 3 nitrogen and oxygen atoms in total. The Labute approximate surface area is 83.9 Å². The van der Waals surface area contributed by atoms with Crippen LogP contribution in [0.4, 0.5) is 0 Å². The minimum atomic E-state index is -0.441. The van der Waals surface area contributed by atoms with Gasteiger partial charge in [-0.1, -0.05) is 13.0 Å². The van der Waals surface area contributed by atoms with Gasteiger partial charge in [-0.3, -0.25) is 4.79 Å². The maximum absolute atomic E-state index is 11.1. The number of primary amides is 1. The molecule has 0 radical (unpaired) electrons. The number of hydrogen-bond donors (Lipinski definition) is 1. The fraction of sp³-hybridized carbons (Fsp3) is 0.364. The molecule has 1 rings (SSSR count). The van der Waals surface area contributed by atoms with Crippen molar-refractivity contribution < 1.29 is 9.53 Å². The molecule has 14 heavy (non-hydrogen) atoms. The second kappa shape index (κ2) is 4.65. The third-order valence-electron chi connectivity index (χ3n) is 2.02. The van der Waals surface area contributed by atoms with Crippen LogP contribution in [0.2, 0.25) is 0 Å². The Morgan fingerprint density at radius 3 is 2.64 bits per heavy atom. The Morgan fingerprint density at radius 1 is 1.43 bits per heavy atom. The normalized spacial score (nSPS) is 9.86. The first kappa shape index (κ1) is 10.6. The van der Waals surface area contributed by atoms with Gasteiger partial charge in [-0.05, 0) is 31.0 Å². The largest absolute Gasteiger partial charge is 0.493 e. The predicted molar refractivity (Wildman–Crippen MR) is 55.5 cm³/mol. The van der Waals surface area contributed by atoms with Gasteiger partial charge in [-0.15, -0.1) is 0 Å². The van der Waals surface area contributed by atoms with Crippen molar-refractivity contribution in [3.05, 3.63) is 29.3 Å². The van der Waals surface area contributed by atoms with Crippen LogP contribution in [-0.2, 0) is 6.42 Å². The van der Waals surface area contributed by atoms with E-state index in [0.717, 1.165) is 12.0 Å². The summed E-state index contributed by atoms with van der Waals surface area (Å²) in [6.45, 7) is 4.44. The first-order chi connectivity index (χ1) is 6.69. The number of aryl methyl sites for hydroxylation is 1. The molecule has 0 saturated carbocycles. The predicted octanol–water partition coefficient (Wildman–Crippen LogP) is 1.75. The second-order valence-electron chi connectivity index (χ2n) is 2.98. The summed E-state index contributed by atoms with van der Waals surface area (Å²) >= 11 is 0. The number of amides is 1. The lowest BCUT2D eigenvalue weighted by Gasteiger charge is -2.08. The lowest BCUT2D eigenvalue weighted by Crippen LogP contribution is -2.13. The zero-order chi connectivity index (χ0) is 10.6. The molecule has 0 bridgehead atoms. The van der Waals surface area contributed by atoms with E-state index in [1.807, 2.05) is 19.9 Å². The van der Waals surface area contributed by atoms with Gasteiger partial charge in [0, 0.05) is 0 Å². The van der Waals surface area contributed by atoms with Gasteiger partial charge in [0.2, 0.25) is 0 Å². The standard InChI is InChI=1S/C11H15NO2/c1-3-8-5-6-10(14-4-2)9(7-8)11(12)13/h5-7H,3-4H2,1-2H3,(H2,12,13). The smallest absolute Gasteiger partial charge is 0.252 e. The summed E-state index contributed by atoms with van der Waals surface area (Å²) in [4.78, 5) is 11.1. The number of rotatable bonds is 4. The van der Waals surface area contributed by atoms with Crippen LogP contribution in [0.3, 0.4) is 0 Å². The van der Waals surface area contributed by atoms with Crippen molar-refractivity contribution in [2.45, 2.75) is 20.3 Å². The molecule has 0 aromatic heterocycles. The molecule has 0 saturated heterocycles. The zero-order valence-electron chi connectivity index (χ0n) is 8.54. The molecule has 0 fully saturated rings. The van der Waals surface area contributed by atoms with Crippen LogP contribution in [0.1, 0.15) is 29.8 Å². The lowest BCUT2D eigenvalue weighted by molar-refractivity contribution is 0.0996. The average molecular weight is 193 g/mol. The van der Waals surface area contributed by atoms with E-state index in [0.29, 0.717) is 17.9 Å². The topological polar surface area (TPSA) is 52.3 Å².